The van der Waals surface area contributed by atoms with Gasteiger partial charge < -0.3 is 31.1 Å². The predicted octanol–water partition coefficient (Wildman–Crippen LogP) is 2.41. The summed E-state index contributed by atoms with van der Waals surface area (Å²) in [7, 11) is 0. The van der Waals surface area contributed by atoms with Crippen LogP contribution in [0.3, 0.4) is 0 Å². The Labute approximate surface area is 158 Å². The van der Waals surface area contributed by atoms with Gasteiger partial charge in [0.05, 0.1) is 0 Å². The SMILES string of the molecule is O=C(Nc1ccc(O)c(O)c1)c1cccc(C(=O)Nc2ccc(O)c(O)c2)n1. The van der Waals surface area contributed by atoms with Gasteiger partial charge >= 0.3 is 0 Å². The molecule has 142 valence electrons. The molecule has 2 amide bonds. The molecule has 2 aromatic carbocycles. The van der Waals surface area contributed by atoms with E-state index in [4.69, 9.17) is 0 Å². The molecule has 9 nitrogen and oxygen atoms in total. The number of benzene rings is 2. The van der Waals surface area contributed by atoms with Crippen LogP contribution in [0.1, 0.15) is 21.0 Å². The minimum Gasteiger partial charge on any atom is -0.504 e. The van der Waals surface area contributed by atoms with Crippen molar-refractivity contribution in [3.63, 3.8) is 0 Å². The number of carbonyl (C=O) groups is 2. The molecule has 0 saturated heterocycles. The zero-order chi connectivity index (χ0) is 20.3. The van der Waals surface area contributed by atoms with Crippen molar-refractivity contribution >= 4 is 23.2 Å². The molecule has 0 atom stereocenters. The number of aromatic nitrogens is 1. The van der Waals surface area contributed by atoms with Crippen molar-refractivity contribution in [3.8, 4) is 23.0 Å². The first-order valence-electron chi connectivity index (χ1n) is 7.97. The molecule has 1 heterocycles. The van der Waals surface area contributed by atoms with Crippen molar-refractivity contribution in [2.45, 2.75) is 0 Å². The monoisotopic (exact) mass is 381 g/mol. The van der Waals surface area contributed by atoms with Gasteiger partial charge in [-0.3, -0.25) is 9.59 Å². The number of carbonyl (C=O) groups excluding carboxylic acids is 2. The highest BCUT2D eigenvalue weighted by atomic mass is 16.3. The second-order valence-corrected chi connectivity index (χ2v) is 5.72. The Morgan fingerprint density at radius 3 is 1.46 bits per heavy atom. The number of anilines is 2. The minimum atomic E-state index is -0.623. The third-order valence-corrected chi connectivity index (χ3v) is 3.68. The highest BCUT2D eigenvalue weighted by Gasteiger charge is 2.14. The highest BCUT2D eigenvalue weighted by Crippen LogP contribution is 2.28. The molecule has 0 aliphatic carbocycles. The van der Waals surface area contributed by atoms with Crippen LogP contribution in [0.5, 0.6) is 23.0 Å². The minimum absolute atomic E-state index is 0.0474. The average Bonchev–Trinajstić information content (AvgIpc) is 2.67. The Kier molecular flexibility index (Phi) is 4.99. The van der Waals surface area contributed by atoms with Gasteiger partial charge in [-0.2, -0.15) is 0 Å². The van der Waals surface area contributed by atoms with Crippen molar-refractivity contribution in [1.82, 2.24) is 4.98 Å². The molecule has 0 spiro atoms. The topological polar surface area (TPSA) is 152 Å². The molecular formula is C19H15N3O6. The van der Waals surface area contributed by atoms with Crippen LogP contribution < -0.4 is 10.6 Å². The van der Waals surface area contributed by atoms with Gasteiger partial charge in [-0.15, -0.1) is 0 Å². The molecule has 0 bridgehead atoms. The second-order valence-electron chi connectivity index (χ2n) is 5.72. The molecule has 0 unspecified atom stereocenters. The summed E-state index contributed by atoms with van der Waals surface area (Å²) < 4.78 is 0. The molecule has 0 fully saturated rings. The van der Waals surface area contributed by atoms with Gasteiger partial charge in [0.1, 0.15) is 11.4 Å². The molecule has 0 aliphatic rings. The van der Waals surface area contributed by atoms with E-state index < -0.39 is 23.3 Å². The fraction of sp³-hybridized carbons (Fsp3) is 0. The van der Waals surface area contributed by atoms with Crippen molar-refractivity contribution in [1.29, 1.82) is 0 Å². The van der Waals surface area contributed by atoms with E-state index in [0.717, 1.165) is 0 Å². The predicted molar refractivity (Wildman–Crippen MR) is 99.7 cm³/mol. The largest absolute Gasteiger partial charge is 0.504 e. The molecule has 0 aliphatic heterocycles. The van der Waals surface area contributed by atoms with Gasteiger partial charge in [-0.25, -0.2) is 4.98 Å². The third-order valence-electron chi connectivity index (χ3n) is 3.68. The van der Waals surface area contributed by atoms with Crippen molar-refractivity contribution in [2.75, 3.05) is 10.6 Å². The lowest BCUT2D eigenvalue weighted by atomic mass is 10.2. The number of nitrogens with zero attached hydrogens (tertiary/aromatic N) is 1. The van der Waals surface area contributed by atoms with E-state index in [1.165, 1.54) is 54.6 Å². The Morgan fingerprint density at radius 2 is 1.07 bits per heavy atom. The summed E-state index contributed by atoms with van der Waals surface area (Å²) in [6.07, 6.45) is 0. The first-order chi connectivity index (χ1) is 13.3. The third kappa shape index (κ3) is 4.10. The van der Waals surface area contributed by atoms with Crippen LogP contribution in [-0.4, -0.2) is 37.2 Å². The maximum Gasteiger partial charge on any atom is 0.274 e. The normalized spacial score (nSPS) is 10.3. The van der Waals surface area contributed by atoms with E-state index in [1.54, 1.807) is 0 Å². The number of phenols is 4. The Balaban J connectivity index is 1.75. The van der Waals surface area contributed by atoms with E-state index in [-0.39, 0.29) is 34.3 Å². The number of hydrogen-bond acceptors (Lipinski definition) is 7. The van der Waals surface area contributed by atoms with E-state index in [1.807, 2.05) is 0 Å². The molecule has 3 aromatic rings. The van der Waals surface area contributed by atoms with Gasteiger partial charge in [0.15, 0.2) is 23.0 Å². The van der Waals surface area contributed by atoms with Gasteiger partial charge in [-0.1, -0.05) is 6.07 Å². The first-order valence-corrected chi connectivity index (χ1v) is 7.97. The zero-order valence-electron chi connectivity index (χ0n) is 14.2. The summed E-state index contributed by atoms with van der Waals surface area (Å²) in [5.74, 6) is -2.68. The van der Waals surface area contributed by atoms with Crippen molar-refractivity contribution in [3.05, 3.63) is 66.0 Å². The molecule has 28 heavy (non-hydrogen) atoms. The number of aromatic hydroxyl groups is 4. The number of amides is 2. The summed E-state index contributed by atoms with van der Waals surface area (Å²) in [4.78, 5) is 28.6. The summed E-state index contributed by atoms with van der Waals surface area (Å²) in [6.45, 7) is 0. The fourth-order valence-electron chi connectivity index (χ4n) is 2.28. The Bertz CT molecular complexity index is 987. The van der Waals surface area contributed by atoms with Crippen LogP contribution >= 0.6 is 0 Å². The number of rotatable bonds is 4. The Hall–Kier alpha value is -4.27. The van der Waals surface area contributed by atoms with Crippen LogP contribution in [0.2, 0.25) is 0 Å². The summed E-state index contributed by atoms with van der Waals surface area (Å²) in [5.41, 5.74) is 0.371. The zero-order valence-corrected chi connectivity index (χ0v) is 14.2. The molecule has 0 saturated carbocycles. The first kappa shape index (κ1) is 18.5. The van der Waals surface area contributed by atoms with Crippen molar-refractivity contribution in [2.24, 2.45) is 0 Å². The van der Waals surface area contributed by atoms with Gasteiger partial charge in [0.2, 0.25) is 0 Å². The second kappa shape index (κ2) is 7.54. The number of phenolic OH excluding ortho intramolecular Hbond substituents is 4. The summed E-state index contributed by atoms with van der Waals surface area (Å²) in [5, 5.41) is 42.5. The van der Waals surface area contributed by atoms with E-state index in [0.29, 0.717) is 0 Å². The molecular weight excluding hydrogens is 366 g/mol. The molecule has 1 aromatic heterocycles. The van der Waals surface area contributed by atoms with Crippen LogP contribution in [-0.2, 0) is 0 Å². The summed E-state index contributed by atoms with van der Waals surface area (Å²) >= 11 is 0. The quantitative estimate of drug-likeness (QED) is 0.300. The lowest BCUT2D eigenvalue weighted by Crippen LogP contribution is -2.18. The molecule has 9 heteroatoms. The van der Waals surface area contributed by atoms with Crippen LogP contribution in [0.25, 0.3) is 0 Å². The molecule has 3 rings (SSSR count). The average molecular weight is 381 g/mol. The molecule has 6 N–H and O–H groups in total. The van der Waals surface area contributed by atoms with E-state index in [2.05, 4.69) is 15.6 Å². The van der Waals surface area contributed by atoms with Gasteiger partial charge in [0.25, 0.3) is 11.8 Å². The van der Waals surface area contributed by atoms with Crippen LogP contribution in [0.4, 0.5) is 11.4 Å². The fourth-order valence-corrected chi connectivity index (χ4v) is 2.28. The number of hydrogen-bond donors (Lipinski definition) is 6. The number of pyridine rings is 1. The van der Waals surface area contributed by atoms with Crippen LogP contribution in [0.15, 0.2) is 54.6 Å². The lowest BCUT2D eigenvalue weighted by Gasteiger charge is -2.08. The summed E-state index contributed by atoms with van der Waals surface area (Å²) in [6, 6.07) is 11.8. The standard InChI is InChI=1S/C19H15N3O6/c23-14-6-4-10(8-16(14)25)20-18(27)12-2-1-3-13(22-12)19(28)21-11-5-7-15(24)17(26)9-11/h1-9,23-26H,(H,20,27)(H,21,28). The van der Waals surface area contributed by atoms with Gasteiger partial charge in [0, 0.05) is 23.5 Å². The Morgan fingerprint density at radius 1 is 0.643 bits per heavy atom. The van der Waals surface area contributed by atoms with Crippen molar-refractivity contribution < 1.29 is 30.0 Å². The smallest absolute Gasteiger partial charge is 0.274 e. The highest BCUT2D eigenvalue weighted by molar-refractivity contribution is 6.06. The van der Waals surface area contributed by atoms with Gasteiger partial charge in [-0.05, 0) is 36.4 Å². The maximum absolute atomic E-state index is 12.3. The van der Waals surface area contributed by atoms with E-state index >= 15 is 0 Å². The van der Waals surface area contributed by atoms with E-state index in [9.17, 15) is 30.0 Å². The lowest BCUT2D eigenvalue weighted by molar-refractivity contribution is 0.101. The molecule has 0 radical (unpaired) electrons. The maximum atomic E-state index is 12.3. The number of nitrogens with one attached hydrogen (secondary N) is 2. The van der Waals surface area contributed by atoms with Crippen LogP contribution in [0, 0.1) is 0 Å².